The molecule has 0 saturated carbocycles. The van der Waals surface area contributed by atoms with Crippen molar-refractivity contribution in [3.05, 3.63) is 64.3 Å². The molecule has 1 heterocycles. The molecule has 0 atom stereocenters. The maximum Gasteiger partial charge on any atom is 0.269 e. The van der Waals surface area contributed by atoms with Crippen molar-refractivity contribution in [2.24, 2.45) is 0 Å². The molecule has 0 spiro atoms. The third-order valence-electron chi connectivity index (χ3n) is 4.79. The molecule has 3 rings (SSSR count). The van der Waals surface area contributed by atoms with Crippen LogP contribution >= 0.6 is 24.0 Å². The summed E-state index contributed by atoms with van der Waals surface area (Å²) in [5, 5.41) is 0. The number of nitrogens with zero attached hydrogens (tertiary/aromatic N) is 1. The van der Waals surface area contributed by atoms with E-state index in [2.05, 4.69) is 10.9 Å². The van der Waals surface area contributed by atoms with Gasteiger partial charge in [0.15, 0.2) is 11.5 Å². The van der Waals surface area contributed by atoms with E-state index in [0.717, 1.165) is 17.7 Å². The molecule has 1 fully saturated rings. The van der Waals surface area contributed by atoms with Gasteiger partial charge in [-0.15, -0.1) is 0 Å². The number of hydrogen-bond donors (Lipinski definition) is 2. The first-order chi connectivity index (χ1) is 16.3. The van der Waals surface area contributed by atoms with E-state index in [9.17, 15) is 18.8 Å². The lowest BCUT2D eigenvalue weighted by molar-refractivity contribution is -0.124. The Labute approximate surface area is 205 Å². The Morgan fingerprint density at radius 3 is 2.47 bits per heavy atom. The number of nitrogens with one attached hydrogen (secondary N) is 2. The van der Waals surface area contributed by atoms with Crippen molar-refractivity contribution in [2.45, 2.75) is 12.8 Å². The van der Waals surface area contributed by atoms with Gasteiger partial charge in [-0.3, -0.25) is 30.1 Å². The molecule has 8 nitrogen and oxygen atoms in total. The minimum Gasteiger partial charge on any atom is -0.493 e. The molecule has 11 heteroatoms. The number of hydrazine groups is 1. The molecule has 0 aromatic heterocycles. The fraction of sp³-hybridized carbons (Fsp3) is 0.217. The van der Waals surface area contributed by atoms with Crippen LogP contribution in [0.25, 0.3) is 6.08 Å². The quantitative estimate of drug-likeness (QED) is 0.324. The number of hydrogen-bond acceptors (Lipinski definition) is 7. The molecule has 3 amide bonds. The zero-order valence-corrected chi connectivity index (χ0v) is 20.1. The number of benzene rings is 2. The van der Waals surface area contributed by atoms with Crippen molar-refractivity contribution in [1.29, 1.82) is 0 Å². The van der Waals surface area contributed by atoms with Gasteiger partial charge in [0.2, 0.25) is 5.91 Å². The second kappa shape index (κ2) is 11.6. The summed E-state index contributed by atoms with van der Waals surface area (Å²) in [5.41, 5.74) is 5.53. The van der Waals surface area contributed by atoms with Gasteiger partial charge in [0.05, 0.1) is 19.1 Å². The van der Waals surface area contributed by atoms with Gasteiger partial charge in [-0.2, -0.15) is 0 Å². The Morgan fingerprint density at radius 1 is 1.09 bits per heavy atom. The van der Waals surface area contributed by atoms with E-state index in [1.807, 2.05) is 0 Å². The normalized spacial score (nSPS) is 14.3. The zero-order valence-electron chi connectivity index (χ0n) is 18.4. The molecular formula is C23H22FN3O5S2. The number of thioether (sulfide) groups is 1. The summed E-state index contributed by atoms with van der Waals surface area (Å²) in [5.74, 6) is -0.569. The molecule has 1 aliphatic rings. The van der Waals surface area contributed by atoms with Gasteiger partial charge in [-0.1, -0.05) is 30.0 Å². The van der Waals surface area contributed by atoms with Crippen LogP contribution in [0, 0.1) is 5.82 Å². The summed E-state index contributed by atoms with van der Waals surface area (Å²) < 4.78 is 23.8. The monoisotopic (exact) mass is 503 g/mol. The van der Waals surface area contributed by atoms with Crippen LogP contribution in [0.3, 0.4) is 0 Å². The molecule has 34 heavy (non-hydrogen) atoms. The molecule has 2 N–H and O–H groups in total. The third-order valence-corrected chi connectivity index (χ3v) is 6.16. The summed E-state index contributed by atoms with van der Waals surface area (Å²) in [6, 6.07) is 10.2. The topological polar surface area (TPSA) is 97.0 Å². The number of amides is 3. The van der Waals surface area contributed by atoms with Gasteiger partial charge in [-0.25, -0.2) is 4.39 Å². The number of thiocarbonyl (C=S) groups is 1. The molecule has 2 aromatic rings. The van der Waals surface area contributed by atoms with Crippen molar-refractivity contribution in [1.82, 2.24) is 15.8 Å². The van der Waals surface area contributed by atoms with Gasteiger partial charge < -0.3 is 9.47 Å². The first-order valence-corrected chi connectivity index (χ1v) is 11.4. The molecular weight excluding hydrogens is 481 g/mol. The highest BCUT2D eigenvalue weighted by Crippen LogP contribution is 2.34. The Kier molecular flexibility index (Phi) is 8.61. The number of ether oxygens (including phenoxy) is 2. The van der Waals surface area contributed by atoms with Crippen LogP contribution in [0.4, 0.5) is 4.39 Å². The second-order valence-electron chi connectivity index (χ2n) is 7.06. The van der Waals surface area contributed by atoms with Gasteiger partial charge >= 0.3 is 0 Å². The smallest absolute Gasteiger partial charge is 0.269 e. The Hall–Kier alpha value is -3.44. The van der Waals surface area contributed by atoms with E-state index in [4.69, 9.17) is 21.7 Å². The summed E-state index contributed by atoms with van der Waals surface area (Å²) in [6.07, 6.45) is 2.13. The molecule has 0 bridgehead atoms. The first-order valence-electron chi connectivity index (χ1n) is 10.1. The largest absolute Gasteiger partial charge is 0.493 e. The summed E-state index contributed by atoms with van der Waals surface area (Å²) in [7, 11) is 3.08. The lowest BCUT2D eigenvalue weighted by Gasteiger charge is -2.14. The van der Waals surface area contributed by atoms with Crippen molar-refractivity contribution in [3.63, 3.8) is 0 Å². The van der Waals surface area contributed by atoms with Crippen LogP contribution in [-0.2, 0) is 9.59 Å². The van der Waals surface area contributed by atoms with E-state index in [1.54, 1.807) is 31.4 Å². The van der Waals surface area contributed by atoms with Crippen molar-refractivity contribution >= 4 is 52.1 Å². The molecule has 1 aliphatic heterocycles. The standard InChI is InChI=1S/C23H22FN3O5S2/c1-31-17-10-5-14(12-18(17)32-2)13-19-22(30)27(23(33)34-19)11-3-4-20(28)25-26-21(29)15-6-8-16(24)9-7-15/h5-10,12-13H,3-4,11H2,1-2H3,(H,25,28)(H,26,29). The minimum absolute atomic E-state index is 0.0650. The molecule has 0 aliphatic carbocycles. The van der Waals surface area contributed by atoms with Gasteiger partial charge in [-0.05, 0) is 54.5 Å². The zero-order chi connectivity index (χ0) is 24.7. The predicted octanol–water partition coefficient (Wildman–Crippen LogP) is 3.29. The van der Waals surface area contributed by atoms with Gasteiger partial charge in [0.25, 0.3) is 11.8 Å². The fourth-order valence-corrected chi connectivity index (χ4v) is 4.36. The highest BCUT2D eigenvalue weighted by Gasteiger charge is 2.31. The summed E-state index contributed by atoms with van der Waals surface area (Å²) in [4.78, 5) is 38.7. The summed E-state index contributed by atoms with van der Waals surface area (Å²) >= 11 is 6.51. The lowest BCUT2D eigenvalue weighted by Crippen LogP contribution is -2.41. The van der Waals surface area contributed by atoms with Crippen LogP contribution in [0.2, 0.25) is 0 Å². The Balaban J connectivity index is 1.49. The Morgan fingerprint density at radius 2 is 1.79 bits per heavy atom. The molecule has 1 saturated heterocycles. The number of carbonyl (C=O) groups is 3. The van der Waals surface area contributed by atoms with E-state index in [0.29, 0.717) is 27.1 Å². The van der Waals surface area contributed by atoms with Gasteiger partial charge in [0, 0.05) is 18.5 Å². The van der Waals surface area contributed by atoms with E-state index < -0.39 is 17.6 Å². The Bertz CT molecular complexity index is 1140. The number of rotatable bonds is 8. The predicted molar refractivity (Wildman–Crippen MR) is 131 cm³/mol. The van der Waals surface area contributed by atoms with E-state index >= 15 is 0 Å². The van der Waals surface area contributed by atoms with E-state index in [-0.39, 0.29) is 24.4 Å². The average molecular weight is 504 g/mol. The van der Waals surface area contributed by atoms with Crippen molar-refractivity contribution in [2.75, 3.05) is 20.8 Å². The molecule has 0 radical (unpaired) electrons. The van der Waals surface area contributed by atoms with Crippen LogP contribution in [0.1, 0.15) is 28.8 Å². The molecule has 178 valence electrons. The van der Waals surface area contributed by atoms with E-state index in [1.165, 1.54) is 35.9 Å². The first kappa shape index (κ1) is 25.2. The van der Waals surface area contributed by atoms with Crippen molar-refractivity contribution < 1.29 is 28.2 Å². The number of carbonyl (C=O) groups excluding carboxylic acids is 3. The number of methoxy groups -OCH3 is 2. The summed E-state index contributed by atoms with van der Waals surface area (Å²) in [6.45, 7) is 0.257. The maximum absolute atomic E-state index is 12.9. The average Bonchev–Trinajstić information content (AvgIpc) is 3.10. The maximum atomic E-state index is 12.9. The highest BCUT2D eigenvalue weighted by molar-refractivity contribution is 8.26. The fourth-order valence-electron chi connectivity index (χ4n) is 3.05. The highest BCUT2D eigenvalue weighted by atomic mass is 32.2. The molecule has 2 aromatic carbocycles. The number of halogens is 1. The van der Waals surface area contributed by atoms with Crippen LogP contribution in [0.15, 0.2) is 47.4 Å². The second-order valence-corrected chi connectivity index (χ2v) is 8.74. The minimum atomic E-state index is -0.564. The van der Waals surface area contributed by atoms with Crippen LogP contribution in [0.5, 0.6) is 11.5 Å². The molecule has 0 unspecified atom stereocenters. The SMILES string of the molecule is COc1ccc(C=C2SC(=S)N(CCCC(=O)NNC(=O)c3ccc(F)cc3)C2=O)cc1OC. The lowest BCUT2D eigenvalue weighted by atomic mass is 10.2. The van der Waals surface area contributed by atoms with Gasteiger partial charge in [0.1, 0.15) is 10.1 Å². The third kappa shape index (κ3) is 6.33. The van der Waals surface area contributed by atoms with Crippen LogP contribution in [-0.4, -0.2) is 47.7 Å². The van der Waals surface area contributed by atoms with Crippen LogP contribution < -0.4 is 20.3 Å². The van der Waals surface area contributed by atoms with Crippen molar-refractivity contribution in [3.8, 4) is 11.5 Å².